The van der Waals surface area contributed by atoms with E-state index in [4.69, 9.17) is 4.74 Å². The van der Waals surface area contributed by atoms with E-state index in [0.717, 1.165) is 11.6 Å². The van der Waals surface area contributed by atoms with Crippen LogP contribution in [0.1, 0.15) is 5.56 Å². The molecule has 0 radical (unpaired) electrons. The van der Waals surface area contributed by atoms with Crippen LogP contribution in [-0.4, -0.2) is 7.11 Å². The summed E-state index contributed by atoms with van der Waals surface area (Å²) in [4.78, 5) is 0. The second kappa shape index (κ2) is 5.06. The van der Waals surface area contributed by atoms with Gasteiger partial charge < -0.3 is 4.74 Å². The highest BCUT2D eigenvalue weighted by Crippen LogP contribution is 2.24. The van der Waals surface area contributed by atoms with Gasteiger partial charge in [0, 0.05) is 12.7 Å². The van der Waals surface area contributed by atoms with Crippen LogP contribution in [-0.2, 0) is 11.3 Å². The highest BCUT2D eigenvalue weighted by Gasteiger charge is 2.09. The van der Waals surface area contributed by atoms with Gasteiger partial charge in [0.2, 0.25) is 0 Å². The fraction of sp³-hybridized carbons (Fsp3) is 0.143. The second-order valence-electron chi connectivity index (χ2n) is 3.73. The minimum absolute atomic E-state index is 0.272. The van der Waals surface area contributed by atoms with Crippen molar-refractivity contribution in [3.8, 4) is 11.1 Å². The Morgan fingerprint density at radius 2 is 1.71 bits per heavy atom. The third kappa shape index (κ3) is 2.50. The summed E-state index contributed by atoms with van der Waals surface area (Å²) in [6.07, 6.45) is 0. The van der Waals surface area contributed by atoms with Gasteiger partial charge in [-0.1, -0.05) is 36.4 Å². The van der Waals surface area contributed by atoms with Gasteiger partial charge in [-0.2, -0.15) is 0 Å². The third-order valence-electron chi connectivity index (χ3n) is 2.53. The molecule has 0 N–H and O–H groups in total. The SMILES string of the molecule is COCc1ccc(-c2cccc(F)c2F)cc1. The van der Waals surface area contributed by atoms with Crippen molar-refractivity contribution in [1.82, 2.24) is 0 Å². The Bertz CT molecular complexity index is 506. The summed E-state index contributed by atoms with van der Waals surface area (Å²) in [5.41, 5.74) is 1.92. The molecular weight excluding hydrogens is 222 g/mol. The first-order chi connectivity index (χ1) is 8.22. The Morgan fingerprint density at radius 1 is 1.00 bits per heavy atom. The molecule has 0 atom stereocenters. The van der Waals surface area contributed by atoms with Crippen molar-refractivity contribution in [3.63, 3.8) is 0 Å². The molecule has 88 valence electrons. The molecule has 2 rings (SSSR count). The van der Waals surface area contributed by atoms with E-state index < -0.39 is 11.6 Å². The highest BCUT2D eigenvalue weighted by atomic mass is 19.2. The number of hydrogen-bond acceptors (Lipinski definition) is 1. The first-order valence-corrected chi connectivity index (χ1v) is 5.24. The first kappa shape index (κ1) is 11.7. The van der Waals surface area contributed by atoms with Crippen LogP contribution >= 0.6 is 0 Å². The number of methoxy groups -OCH3 is 1. The number of halogens is 2. The zero-order valence-electron chi connectivity index (χ0n) is 9.41. The fourth-order valence-electron chi connectivity index (χ4n) is 1.67. The molecule has 0 fully saturated rings. The van der Waals surface area contributed by atoms with Crippen LogP contribution in [0.15, 0.2) is 42.5 Å². The number of hydrogen-bond donors (Lipinski definition) is 0. The Morgan fingerprint density at radius 3 is 2.35 bits per heavy atom. The molecule has 3 heteroatoms. The Balaban J connectivity index is 2.36. The van der Waals surface area contributed by atoms with Crippen molar-refractivity contribution in [2.45, 2.75) is 6.61 Å². The van der Waals surface area contributed by atoms with Crippen molar-refractivity contribution in [2.24, 2.45) is 0 Å². The quantitative estimate of drug-likeness (QED) is 0.785. The monoisotopic (exact) mass is 234 g/mol. The molecule has 2 aromatic rings. The van der Waals surface area contributed by atoms with Gasteiger partial charge in [0.1, 0.15) is 0 Å². The zero-order valence-corrected chi connectivity index (χ0v) is 9.41. The minimum Gasteiger partial charge on any atom is -0.380 e. The summed E-state index contributed by atoms with van der Waals surface area (Å²) < 4.78 is 31.6. The number of rotatable bonds is 3. The van der Waals surface area contributed by atoms with E-state index in [0.29, 0.717) is 12.2 Å². The van der Waals surface area contributed by atoms with Crippen molar-refractivity contribution >= 4 is 0 Å². The summed E-state index contributed by atoms with van der Waals surface area (Å²) in [6, 6.07) is 11.4. The van der Waals surface area contributed by atoms with Gasteiger partial charge in [0.15, 0.2) is 11.6 Å². The lowest BCUT2D eigenvalue weighted by molar-refractivity contribution is 0.185. The van der Waals surface area contributed by atoms with E-state index in [1.165, 1.54) is 6.07 Å². The Kier molecular flexibility index (Phi) is 3.49. The molecule has 17 heavy (non-hydrogen) atoms. The molecule has 0 aromatic heterocycles. The first-order valence-electron chi connectivity index (χ1n) is 5.24. The molecule has 0 saturated heterocycles. The Labute approximate surface area is 98.7 Å². The van der Waals surface area contributed by atoms with Gasteiger partial charge in [-0.25, -0.2) is 8.78 Å². The maximum absolute atomic E-state index is 13.5. The van der Waals surface area contributed by atoms with Crippen LogP contribution in [0.4, 0.5) is 8.78 Å². The largest absolute Gasteiger partial charge is 0.380 e. The topological polar surface area (TPSA) is 9.23 Å². The predicted octanol–water partition coefficient (Wildman–Crippen LogP) is 3.78. The molecule has 0 bridgehead atoms. The summed E-state index contributed by atoms with van der Waals surface area (Å²) in [7, 11) is 1.61. The highest BCUT2D eigenvalue weighted by molar-refractivity contribution is 5.64. The molecular formula is C14H12F2O. The van der Waals surface area contributed by atoms with Crippen LogP contribution < -0.4 is 0 Å². The van der Waals surface area contributed by atoms with Crippen LogP contribution in [0, 0.1) is 11.6 Å². The van der Waals surface area contributed by atoms with Crippen molar-refractivity contribution < 1.29 is 13.5 Å². The van der Waals surface area contributed by atoms with Crippen LogP contribution in [0.3, 0.4) is 0 Å². The van der Waals surface area contributed by atoms with E-state index in [2.05, 4.69) is 0 Å². The minimum atomic E-state index is -0.830. The van der Waals surface area contributed by atoms with Crippen molar-refractivity contribution in [3.05, 3.63) is 59.7 Å². The van der Waals surface area contributed by atoms with Gasteiger partial charge in [0.05, 0.1) is 6.61 Å². The summed E-state index contributed by atoms with van der Waals surface area (Å²) in [6.45, 7) is 0.506. The fourth-order valence-corrected chi connectivity index (χ4v) is 1.67. The van der Waals surface area contributed by atoms with E-state index in [1.807, 2.05) is 12.1 Å². The molecule has 0 aliphatic carbocycles. The summed E-state index contributed by atoms with van der Waals surface area (Å²) in [5.74, 6) is -1.64. The molecule has 0 heterocycles. The van der Waals surface area contributed by atoms with Crippen LogP contribution in [0.2, 0.25) is 0 Å². The Hall–Kier alpha value is -1.74. The van der Waals surface area contributed by atoms with Crippen molar-refractivity contribution in [2.75, 3.05) is 7.11 Å². The number of ether oxygens (including phenoxy) is 1. The number of benzene rings is 2. The molecule has 0 aliphatic heterocycles. The molecule has 0 spiro atoms. The molecule has 0 amide bonds. The third-order valence-corrected chi connectivity index (χ3v) is 2.53. The van der Waals surface area contributed by atoms with Gasteiger partial charge in [-0.15, -0.1) is 0 Å². The van der Waals surface area contributed by atoms with E-state index >= 15 is 0 Å². The normalized spacial score (nSPS) is 10.5. The van der Waals surface area contributed by atoms with Gasteiger partial charge in [-0.3, -0.25) is 0 Å². The summed E-state index contributed by atoms with van der Waals surface area (Å²) in [5, 5.41) is 0. The molecule has 1 nitrogen and oxygen atoms in total. The maximum atomic E-state index is 13.5. The summed E-state index contributed by atoms with van der Waals surface area (Å²) >= 11 is 0. The zero-order chi connectivity index (χ0) is 12.3. The standard InChI is InChI=1S/C14H12F2O/c1-17-9-10-5-7-11(8-6-10)12-3-2-4-13(15)14(12)16/h2-8H,9H2,1H3. The molecule has 0 unspecified atom stereocenters. The van der Waals surface area contributed by atoms with E-state index in [9.17, 15) is 8.78 Å². The van der Waals surface area contributed by atoms with Crippen molar-refractivity contribution in [1.29, 1.82) is 0 Å². The average molecular weight is 234 g/mol. The smallest absolute Gasteiger partial charge is 0.166 e. The van der Waals surface area contributed by atoms with Gasteiger partial charge >= 0.3 is 0 Å². The lowest BCUT2D eigenvalue weighted by Gasteiger charge is -2.05. The second-order valence-corrected chi connectivity index (χ2v) is 3.73. The molecule has 2 aromatic carbocycles. The van der Waals surface area contributed by atoms with E-state index in [1.54, 1.807) is 25.3 Å². The maximum Gasteiger partial charge on any atom is 0.166 e. The molecule has 0 aliphatic rings. The predicted molar refractivity (Wildman–Crippen MR) is 62.5 cm³/mol. The van der Waals surface area contributed by atoms with Crippen LogP contribution in [0.5, 0.6) is 0 Å². The van der Waals surface area contributed by atoms with Gasteiger partial charge in [-0.05, 0) is 17.2 Å². The molecule has 0 saturated carbocycles. The van der Waals surface area contributed by atoms with E-state index in [-0.39, 0.29) is 5.56 Å². The lowest BCUT2D eigenvalue weighted by Crippen LogP contribution is -1.90. The average Bonchev–Trinajstić information content (AvgIpc) is 2.34. The van der Waals surface area contributed by atoms with Gasteiger partial charge in [0.25, 0.3) is 0 Å². The lowest BCUT2D eigenvalue weighted by atomic mass is 10.0. The van der Waals surface area contributed by atoms with Crippen LogP contribution in [0.25, 0.3) is 11.1 Å².